The maximum Gasteiger partial charge on any atom is 0.275 e. The molecular formula is C18H15N3O2S. The number of rotatable bonds is 4. The largest absolute Gasteiger partial charge is 0.366 e. The summed E-state index contributed by atoms with van der Waals surface area (Å²) in [5, 5.41) is 5.22. The summed E-state index contributed by atoms with van der Waals surface area (Å²) < 4.78 is 0. The number of nitrogens with zero attached hydrogens (tertiary/aromatic N) is 1. The third-order valence-electron chi connectivity index (χ3n) is 3.44. The predicted molar refractivity (Wildman–Crippen MR) is 95.2 cm³/mol. The summed E-state index contributed by atoms with van der Waals surface area (Å²) in [5.41, 5.74) is 8.56. The zero-order valence-electron chi connectivity index (χ0n) is 12.9. The lowest BCUT2D eigenvalue weighted by Crippen LogP contribution is -2.14. The summed E-state index contributed by atoms with van der Waals surface area (Å²) in [6, 6.07) is 14.5. The van der Waals surface area contributed by atoms with E-state index in [9.17, 15) is 9.59 Å². The SMILES string of the molecule is Cc1ccc(-c2nc(C(=O)Nc3cccc(C(N)=O)c3)cs2)cc1. The van der Waals surface area contributed by atoms with E-state index in [2.05, 4.69) is 10.3 Å². The minimum atomic E-state index is -0.540. The standard InChI is InChI=1S/C18H15N3O2S/c1-11-5-7-12(8-6-11)18-21-15(10-24-18)17(23)20-14-4-2-3-13(9-14)16(19)22/h2-10H,1H3,(H2,19,22)(H,20,23). The molecule has 1 heterocycles. The lowest BCUT2D eigenvalue weighted by Gasteiger charge is -2.04. The second-order valence-electron chi connectivity index (χ2n) is 5.30. The van der Waals surface area contributed by atoms with Crippen molar-refractivity contribution >= 4 is 28.8 Å². The summed E-state index contributed by atoms with van der Waals surface area (Å²) in [6.07, 6.45) is 0. The number of benzene rings is 2. The van der Waals surface area contributed by atoms with Crippen LogP contribution in [-0.2, 0) is 0 Å². The second-order valence-corrected chi connectivity index (χ2v) is 6.16. The number of amides is 2. The molecule has 0 saturated carbocycles. The van der Waals surface area contributed by atoms with Gasteiger partial charge in [0.25, 0.3) is 5.91 Å². The number of thiazole rings is 1. The molecule has 0 saturated heterocycles. The Hall–Kier alpha value is -2.99. The molecule has 6 heteroatoms. The van der Waals surface area contributed by atoms with E-state index in [-0.39, 0.29) is 5.91 Å². The number of anilines is 1. The van der Waals surface area contributed by atoms with Crippen molar-refractivity contribution in [1.29, 1.82) is 0 Å². The number of hydrogen-bond acceptors (Lipinski definition) is 4. The fourth-order valence-corrected chi connectivity index (χ4v) is 2.96. The van der Waals surface area contributed by atoms with Gasteiger partial charge in [0.15, 0.2) is 0 Å². The van der Waals surface area contributed by atoms with Gasteiger partial charge >= 0.3 is 0 Å². The Bertz CT molecular complexity index is 901. The minimum absolute atomic E-state index is 0.328. The Labute approximate surface area is 143 Å². The molecule has 120 valence electrons. The number of aryl methyl sites for hydroxylation is 1. The highest BCUT2D eigenvalue weighted by Gasteiger charge is 2.12. The molecule has 2 aromatic carbocycles. The van der Waals surface area contributed by atoms with Crippen LogP contribution in [0.2, 0.25) is 0 Å². The van der Waals surface area contributed by atoms with Crippen LogP contribution < -0.4 is 11.1 Å². The smallest absolute Gasteiger partial charge is 0.275 e. The second kappa shape index (κ2) is 6.64. The number of primary amides is 1. The summed E-state index contributed by atoms with van der Waals surface area (Å²) in [6.45, 7) is 2.02. The molecular weight excluding hydrogens is 322 g/mol. The van der Waals surface area contributed by atoms with E-state index in [4.69, 9.17) is 5.73 Å². The number of hydrogen-bond donors (Lipinski definition) is 2. The Kier molecular flexibility index (Phi) is 4.39. The van der Waals surface area contributed by atoms with Gasteiger partial charge in [0.05, 0.1) is 0 Å². The summed E-state index contributed by atoms with van der Waals surface area (Å²) in [7, 11) is 0. The lowest BCUT2D eigenvalue weighted by atomic mass is 10.2. The summed E-state index contributed by atoms with van der Waals surface area (Å²) >= 11 is 1.41. The first-order valence-electron chi connectivity index (χ1n) is 7.27. The van der Waals surface area contributed by atoms with Gasteiger partial charge < -0.3 is 11.1 Å². The van der Waals surface area contributed by atoms with Crippen molar-refractivity contribution in [3.05, 3.63) is 70.7 Å². The molecule has 2 amide bonds. The highest BCUT2D eigenvalue weighted by Crippen LogP contribution is 2.24. The maximum atomic E-state index is 12.3. The highest BCUT2D eigenvalue weighted by molar-refractivity contribution is 7.13. The van der Waals surface area contributed by atoms with E-state index in [1.54, 1.807) is 23.6 Å². The molecule has 0 unspecified atom stereocenters. The summed E-state index contributed by atoms with van der Waals surface area (Å²) in [5.74, 6) is -0.868. The molecule has 3 aromatic rings. The van der Waals surface area contributed by atoms with E-state index in [0.29, 0.717) is 16.9 Å². The monoisotopic (exact) mass is 337 g/mol. The first-order valence-corrected chi connectivity index (χ1v) is 8.15. The molecule has 0 radical (unpaired) electrons. The third kappa shape index (κ3) is 3.49. The third-order valence-corrected chi connectivity index (χ3v) is 4.33. The number of carbonyl (C=O) groups excluding carboxylic acids is 2. The van der Waals surface area contributed by atoms with Crippen LogP contribution in [0.1, 0.15) is 26.4 Å². The van der Waals surface area contributed by atoms with E-state index < -0.39 is 5.91 Å². The van der Waals surface area contributed by atoms with Crippen LogP contribution in [0.3, 0.4) is 0 Å². The molecule has 24 heavy (non-hydrogen) atoms. The van der Waals surface area contributed by atoms with Crippen LogP contribution in [-0.4, -0.2) is 16.8 Å². The first kappa shape index (κ1) is 15.9. The molecule has 0 spiro atoms. The first-order chi connectivity index (χ1) is 11.5. The lowest BCUT2D eigenvalue weighted by molar-refractivity contribution is 0.0995. The minimum Gasteiger partial charge on any atom is -0.366 e. The number of nitrogens with two attached hydrogens (primary N) is 1. The number of aromatic nitrogens is 1. The van der Waals surface area contributed by atoms with Crippen LogP contribution in [0.4, 0.5) is 5.69 Å². The molecule has 0 aliphatic heterocycles. The van der Waals surface area contributed by atoms with Gasteiger partial charge in [-0.1, -0.05) is 35.9 Å². The fourth-order valence-electron chi connectivity index (χ4n) is 2.15. The van der Waals surface area contributed by atoms with E-state index >= 15 is 0 Å². The van der Waals surface area contributed by atoms with Crippen molar-refractivity contribution in [3.63, 3.8) is 0 Å². The van der Waals surface area contributed by atoms with Crippen molar-refractivity contribution in [3.8, 4) is 10.6 Å². The van der Waals surface area contributed by atoms with Gasteiger partial charge in [-0.15, -0.1) is 11.3 Å². The van der Waals surface area contributed by atoms with Crippen LogP contribution in [0, 0.1) is 6.92 Å². The van der Waals surface area contributed by atoms with E-state index in [1.165, 1.54) is 23.0 Å². The van der Waals surface area contributed by atoms with Crippen molar-refractivity contribution in [2.45, 2.75) is 6.92 Å². The summed E-state index contributed by atoms with van der Waals surface area (Å²) in [4.78, 5) is 27.9. The van der Waals surface area contributed by atoms with E-state index in [1.807, 2.05) is 31.2 Å². The molecule has 0 fully saturated rings. The van der Waals surface area contributed by atoms with Crippen molar-refractivity contribution < 1.29 is 9.59 Å². The maximum absolute atomic E-state index is 12.3. The Balaban J connectivity index is 1.77. The van der Waals surface area contributed by atoms with Gasteiger partial charge in [-0.25, -0.2) is 4.98 Å². The van der Waals surface area contributed by atoms with Gasteiger partial charge in [-0.3, -0.25) is 9.59 Å². The zero-order chi connectivity index (χ0) is 17.1. The normalized spacial score (nSPS) is 10.4. The van der Waals surface area contributed by atoms with Crippen LogP contribution in [0.15, 0.2) is 53.9 Å². The molecule has 3 N–H and O–H groups in total. The number of nitrogens with one attached hydrogen (secondary N) is 1. The topological polar surface area (TPSA) is 85.1 Å². The molecule has 5 nitrogen and oxygen atoms in total. The number of carbonyl (C=O) groups is 2. The van der Waals surface area contributed by atoms with Gasteiger partial charge in [0, 0.05) is 22.2 Å². The highest BCUT2D eigenvalue weighted by atomic mass is 32.1. The van der Waals surface area contributed by atoms with Gasteiger partial charge in [-0.2, -0.15) is 0 Å². The van der Waals surface area contributed by atoms with Crippen LogP contribution in [0.5, 0.6) is 0 Å². The molecule has 0 aliphatic carbocycles. The molecule has 0 bridgehead atoms. The van der Waals surface area contributed by atoms with Crippen molar-refractivity contribution in [2.75, 3.05) is 5.32 Å². The average molecular weight is 337 g/mol. The van der Waals surface area contributed by atoms with E-state index in [0.717, 1.165) is 10.6 Å². The van der Waals surface area contributed by atoms with Crippen molar-refractivity contribution in [2.24, 2.45) is 5.73 Å². The predicted octanol–water partition coefficient (Wildman–Crippen LogP) is 3.47. The molecule has 0 atom stereocenters. The Morgan fingerprint density at radius 2 is 1.88 bits per heavy atom. The van der Waals surface area contributed by atoms with Gasteiger partial charge in [0.2, 0.25) is 5.91 Å². The van der Waals surface area contributed by atoms with Crippen molar-refractivity contribution in [1.82, 2.24) is 4.98 Å². The fraction of sp³-hybridized carbons (Fsp3) is 0.0556. The van der Waals surface area contributed by atoms with Crippen LogP contribution in [0.25, 0.3) is 10.6 Å². The molecule has 1 aromatic heterocycles. The average Bonchev–Trinajstić information content (AvgIpc) is 3.06. The van der Waals surface area contributed by atoms with Gasteiger partial charge in [0.1, 0.15) is 10.7 Å². The Morgan fingerprint density at radius 3 is 2.58 bits per heavy atom. The van der Waals surface area contributed by atoms with Gasteiger partial charge in [-0.05, 0) is 25.1 Å². The quantitative estimate of drug-likeness (QED) is 0.764. The Morgan fingerprint density at radius 1 is 1.12 bits per heavy atom. The molecule has 0 aliphatic rings. The van der Waals surface area contributed by atoms with Crippen LogP contribution >= 0.6 is 11.3 Å². The molecule has 3 rings (SSSR count). The zero-order valence-corrected chi connectivity index (χ0v) is 13.8.